The fourth-order valence-electron chi connectivity index (χ4n) is 2.72. The number of aromatic nitrogens is 1. The summed E-state index contributed by atoms with van der Waals surface area (Å²) in [5, 5.41) is 6.11. The zero-order valence-electron chi connectivity index (χ0n) is 16.2. The molecule has 3 aromatic rings. The van der Waals surface area contributed by atoms with E-state index in [1.807, 2.05) is 12.1 Å². The van der Waals surface area contributed by atoms with Crippen LogP contribution in [0.25, 0.3) is 0 Å². The van der Waals surface area contributed by atoms with E-state index in [0.29, 0.717) is 35.1 Å². The van der Waals surface area contributed by atoms with Gasteiger partial charge in [0.05, 0.1) is 25.5 Å². The molecule has 0 aliphatic rings. The Morgan fingerprint density at radius 2 is 1.86 bits per heavy atom. The van der Waals surface area contributed by atoms with Gasteiger partial charge in [0.25, 0.3) is 5.91 Å². The Kier molecular flexibility index (Phi) is 6.11. The van der Waals surface area contributed by atoms with Crippen molar-refractivity contribution in [3.8, 4) is 11.5 Å². The fourth-order valence-corrected chi connectivity index (χ4v) is 2.72. The van der Waals surface area contributed by atoms with Crippen LogP contribution in [0.1, 0.15) is 21.5 Å². The molecule has 28 heavy (non-hydrogen) atoms. The number of carbonyl (C=O) groups excluding carboxylic acids is 1. The predicted molar refractivity (Wildman–Crippen MR) is 110 cm³/mol. The summed E-state index contributed by atoms with van der Waals surface area (Å²) in [5.74, 6) is 1.63. The highest BCUT2D eigenvalue weighted by molar-refractivity contribution is 6.05. The number of amides is 1. The van der Waals surface area contributed by atoms with Crippen molar-refractivity contribution in [2.45, 2.75) is 13.5 Å². The molecule has 1 heterocycles. The first kappa shape index (κ1) is 19.2. The second-order valence-electron chi connectivity index (χ2n) is 6.23. The largest absolute Gasteiger partial charge is 0.497 e. The molecule has 6 nitrogen and oxygen atoms in total. The zero-order valence-corrected chi connectivity index (χ0v) is 16.2. The Labute approximate surface area is 164 Å². The van der Waals surface area contributed by atoms with Crippen LogP contribution in [0, 0.1) is 6.92 Å². The third-order valence-electron chi connectivity index (χ3n) is 4.40. The van der Waals surface area contributed by atoms with Gasteiger partial charge in [0, 0.05) is 18.8 Å². The van der Waals surface area contributed by atoms with Gasteiger partial charge in [-0.15, -0.1) is 0 Å². The van der Waals surface area contributed by atoms with Crippen molar-refractivity contribution in [2.75, 3.05) is 24.9 Å². The number of methoxy groups -OCH3 is 2. The number of aryl methyl sites for hydroxylation is 1. The topological polar surface area (TPSA) is 72.5 Å². The van der Waals surface area contributed by atoms with Gasteiger partial charge in [0.1, 0.15) is 17.3 Å². The first-order valence-corrected chi connectivity index (χ1v) is 8.88. The lowest BCUT2D eigenvalue weighted by Crippen LogP contribution is -2.13. The minimum absolute atomic E-state index is 0.263. The summed E-state index contributed by atoms with van der Waals surface area (Å²) in [4.78, 5) is 16.8. The Morgan fingerprint density at radius 1 is 1.04 bits per heavy atom. The Morgan fingerprint density at radius 3 is 2.54 bits per heavy atom. The fraction of sp³-hybridized carbons (Fsp3) is 0.182. The maximum atomic E-state index is 12.5. The molecular formula is C22H23N3O3. The molecule has 1 amide bonds. The Bertz CT molecular complexity index is 955. The summed E-state index contributed by atoms with van der Waals surface area (Å²) in [6.07, 6.45) is 1.55. The van der Waals surface area contributed by atoms with E-state index in [1.54, 1.807) is 50.7 Å². The molecule has 0 fully saturated rings. The number of hydrogen-bond donors (Lipinski definition) is 2. The van der Waals surface area contributed by atoms with Crippen LogP contribution in [0.15, 0.2) is 60.8 Å². The van der Waals surface area contributed by atoms with Gasteiger partial charge in [-0.3, -0.25) is 4.79 Å². The van der Waals surface area contributed by atoms with Crippen LogP contribution >= 0.6 is 0 Å². The molecule has 0 aliphatic heterocycles. The number of benzene rings is 2. The molecule has 2 N–H and O–H groups in total. The molecular weight excluding hydrogens is 354 g/mol. The van der Waals surface area contributed by atoms with Crippen LogP contribution in [0.4, 0.5) is 11.5 Å². The third kappa shape index (κ3) is 4.59. The van der Waals surface area contributed by atoms with E-state index in [-0.39, 0.29) is 5.91 Å². The van der Waals surface area contributed by atoms with Gasteiger partial charge in [-0.1, -0.05) is 24.3 Å². The molecule has 0 saturated carbocycles. The normalized spacial score (nSPS) is 10.2. The molecule has 0 unspecified atom stereocenters. The van der Waals surface area contributed by atoms with Crippen LogP contribution in [-0.2, 0) is 6.54 Å². The maximum Gasteiger partial charge on any atom is 0.257 e. The van der Waals surface area contributed by atoms with E-state index in [4.69, 9.17) is 9.47 Å². The zero-order chi connectivity index (χ0) is 19.9. The standard InChI is InChI=1S/C22H23N3O3/c1-15-6-4-5-7-16(15)13-23-21-11-8-17(14-24-21)22(26)25-19-10-9-18(27-2)12-20(19)28-3/h4-12,14H,13H2,1-3H3,(H,23,24)(H,25,26). The van der Waals surface area contributed by atoms with E-state index >= 15 is 0 Å². The number of pyridine rings is 1. The number of nitrogens with one attached hydrogen (secondary N) is 2. The monoisotopic (exact) mass is 377 g/mol. The molecule has 6 heteroatoms. The molecule has 0 atom stereocenters. The van der Waals surface area contributed by atoms with Crippen molar-refractivity contribution < 1.29 is 14.3 Å². The Hall–Kier alpha value is -3.54. The molecule has 0 aliphatic carbocycles. The molecule has 0 bridgehead atoms. The van der Waals surface area contributed by atoms with Gasteiger partial charge in [0.15, 0.2) is 0 Å². The van der Waals surface area contributed by atoms with Crippen molar-refractivity contribution in [1.29, 1.82) is 0 Å². The highest BCUT2D eigenvalue weighted by Gasteiger charge is 2.11. The molecule has 0 radical (unpaired) electrons. The lowest BCUT2D eigenvalue weighted by atomic mass is 10.1. The number of hydrogen-bond acceptors (Lipinski definition) is 5. The third-order valence-corrected chi connectivity index (χ3v) is 4.40. The van der Waals surface area contributed by atoms with Gasteiger partial charge in [-0.25, -0.2) is 4.98 Å². The highest BCUT2D eigenvalue weighted by Crippen LogP contribution is 2.29. The lowest BCUT2D eigenvalue weighted by molar-refractivity contribution is 0.102. The van der Waals surface area contributed by atoms with Crippen LogP contribution in [0.2, 0.25) is 0 Å². The first-order valence-electron chi connectivity index (χ1n) is 8.88. The van der Waals surface area contributed by atoms with Crippen LogP contribution in [0.5, 0.6) is 11.5 Å². The van der Waals surface area contributed by atoms with Gasteiger partial charge < -0.3 is 20.1 Å². The van der Waals surface area contributed by atoms with Crippen LogP contribution in [-0.4, -0.2) is 25.1 Å². The minimum atomic E-state index is -0.263. The average molecular weight is 377 g/mol. The van der Waals surface area contributed by atoms with E-state index in [9.17, 15) is 4.79 Å². The quantitative estimate of drug-likeness (QED) is 0.643. The number of ether oxygens (including phenoxy) is 2. The molecule has 2 aromatic carbocycles. The van der Waals surface area contributed by atoms with E-state index in [2.05, 4.69) is 34.7 Å². The summed E-state index contributed by atoms with van der Waals surface area (Å²) in [6, 6.07) is 16.9. The summed E-state index contributed by atoms with van der Waals surface area (Å²) in [6.45, 7) is 2.75. The van der Waals surface area contributed by atoms with E-state index in [0.717, 1.165) is 0 Å². The number of rotatable bonds is 7. The number of nitrogens with zero attached hydrogens (tertiary/aromatic N) is 1. The number of carbonyl (C=O) groups is 1. The molecule has 1 aromatic heterocycles. The molecule has 0 spiro atoms. The van der Waals surface area contributed by atoms with Gasteiger partial charge >= 0.3 is 0 Å². The van der Waals surface area contributed by atoms with Gasteiger partial charge in [-0.2, -0.15) is 0 Å². The minimum Gasteiger partial charge on any atom is -0.497 e. The van der Waals surface area contributed by atoms with Crippen molar-refractivity contribution in [1.82, 2.24) is 4.98 Å². The van der Waals surface area contributed by atoms with Crippen molar-refractivity contribution >= 4 is 17.4 Å². The molecule has 3 rings (SSSR count). The van der Waals surface area contributed by atoms with Crippen molar-refractivity contribution in [3.05, 3.63) is 77.5 Å². The summed E-state index contributed by atoms with van der Waals surface area (Å²) in [7, 11) is 3.12. The average Bonchev–Trinajstić information content (AvgIpc) is 2.73. The Balaban J connectivity index is 1.64. The first-order chi connectivity index (χ1) is 13.6. The lowest BCUT2D eigenvalue weighted by Gasteiger charge is -2.12. The predicted octanol–water partition coefficient (Wildman–Crippen LogP) is 4.27. The second kappa shape index (κ2) is 8.90. The summed E-state index contributed by atoms with van der Waals surface area (Å²) < 4.78 is 10.5. The number of anilines is 2. The molecule has 0 saturated heterocycles. The summed E-state index contributed by atoms with van der Waals surface area (Å²) in [5.41, 5.74) is 3.45. The highest BCUT2D eigenvalue weighted by atomic mass is 16.5. The SMILES string of the molecule is COc1ccc(NC(=O)c2ccc(NCc3ccccc3C)nc2)c(OC)c1. The second-order valence-corrected chi connectivity index (χ2v) is 6.23. The maximum absolute atomic E-state index is 12.5. The van der Waals surface area contributed by atoms with Crippen LogP contribution in [0.3, 0.4) is 0 Å². The van der Waals surface area contributed by atoms with Crippen molar-refractivity contribution in [2.24, 2.45) is 0 Å². The summed E-state index contributed by atoms with van der Waals surface area (Å²) >= 11 is 0. The van der Waals surface area contributed by atoms with Crippen molar-refractivity contribution in [3.63, 3.8) is 0 Å². The molecule has 144 valence electrons. The van der Waals surface area contributed by atoms with E-state index < -0.39 is 0 Å². The van der Waals surface area contributed by atoms with Gasteiger partial charge in [0.2, 0.25) is 0 Å². The van der Waals surface area contributed by atoms with Gasteiger partial charge in [-0.05, 0) is 42.3 Å². The van der Waals surface area contributed by atoms with Crippen LogP contribution < -0.4 is 20.1 Å². The smallest absolute Gasteiger partial charge is 0.257 e. The van der Waals surface area contributed by atoms with E-state index in [1.165, 1.54) is 11.1 Å².